The van der Waals surface area contributed by atoms with Crippen LogP contribution in [0.5, 0.6) is 0 Å². The fraction of sp³-hybridized carbons (Fsp3) is 0.667. The van der Waals surface area contributed by atoms with Gasteiger partial charge in [0, 0.05) is 16.3 Å². The summed E-state index contributed by atoms with van der Waals surface area (Å²) in [6.07, 6.45) is 0.515. The number of nitrogens with one attached hydrogen (secondary N) is 1. The molecule has 0 bridgehead atoms. The van der Waals surface area contributed by atoms with Crippen molar-refractivity contribution in [1.82, 2.24) is 4.72 Å². The van der Waals surface area contributed by atoms with Gasteiger partial charge < -0.3 is 5.11 Å². The maximum Gasteiger partial charge on any atom is 0.212 e. The van der Waals surface area contributed by atoms with Gasteiger partial charge >= 0.3 is 0 Å². The van der Waals surface area contributed by atoms with Crippen molar-refractivity contribution in [2.24, 2.45) is 0 Å². The number of rotatable bonds is 6. The number of sulfonamides is 1. The Kier molecular flexibility index (Phi) is 5.33. The minimum absolute atomic E-state index is 0.0666. The molecule has 0 aliphatic carbocycles. The summed E-state index contributed by atoms with van der Waals surface area (Å²) in [5.41, 5.74) is 0.108. The van der Waals surface area contributed by atoms with Crippen molar-refractivity contribution in [2.45, 2.75) is 32.6 Å². The number of hydrogen-bond donors (Lipinski definition) is 2. The molecule has 0 radical (unpaired) electrons. The number of aliphatic hydroxyl groups is 1. The standard InChI is InChI=1S/C12H21NO3S2/c1-12(2,3)11-5-4-10(17-11)6-9-18(15,16)13-7-8-14/h4-5,13-14H,6-9H2,1-3H3. The van der Waals surface area contributed by atoms with Gasteiger partial charge in [-0.25, -0.2) is 13.1 Å². The van der Waals surface area contributed by atoms with Crippen LogP contribution in [0.1, 0.15) is 30.5 Å². The first-order valence-corrected chi connectivity index (χ1v) is 8.39. The molecule has 1 aromatic heterocycles. The molecule has 1 heterocycles. The summed E-state index contributed by atoms with van der Waals surface area (Å²) in [7, 11) is -3.27. The minimum atomic E-state index is -3.27. The predicted octanol–water partition coefficient (Wildman–Crippen LogP) is 1.50. The fourth-order valence-electron chi connectivity index (χ4n) is 1.42. The zero-order valence-corrected chi connectivity index (χ0v) is 12.7. The van der Waals surface area contributed by atoms with Crippen LogP contribution in [0.3, 0.4) is 0 Å². The first kappa shape index (κ1) is 15.6. The van der Waals surface area contributed by atoms with Gasteiger partial charge in [-0.15, -0.1) is 11.3 Å². The second-order valence-corrected chi connectivity index (χ2v) is 8.30. The van der Waals surface area contributed by atoms with Crippen molar-refractivity contribution in [2.75, 3.05) is 18.9 Å². The minimum Gasteiger partial charge on any atom is -0.395 e. The first-order chi connectivity index (χ1) is 8.24. The predicted molar refractivity (Wildman–Crippen MR) is 75.6 cm³/mol. The van der Waals surface area contributed by atoms with E-state index < -0.39 is 10.0 Å². The Hall–Kier alpha value is -0.430. The lowest BCUT2D eigenvalue weighted by Gasteiger charge is -2.15. The third-order valence-corrected chi connectivity index (χ3v) is 5.41. The Balaban J connectivity index is 2.57. The second kappa shape index (κ2) is 6.14. The van der Waals surface area contributed by atoms with E-state index in [9.17, 15) is 8.42 Å². The van der Waals surface area contributed by atoms with Gasteiger partial charge in [0.2, 0.25) is 10.0 Å². The van der Waals surface area contributed by atoms with Gasteiger partial charge in [0.05, 0.1) is 12.4 Å². The molecule has 1 aromatic rings. The highest BCUT2D eigenvalue weighted by molar-refractivity contribution is 7.89. The van der Waals surface area contributed by atoms with Crippen LogP contribution in [0.2, 0.25) is 0 Å². The molecule has 0 saturated heterocycles. The summed E-state index contributed by atoms with van der Waals surface area (Å²) in [6, 6.07) is 4.06. The molecular formula is C12H21NO3S2. The molecule has 0 atom stereocenters. The molecule has 0 amide bonds. The number of hydrogen-bond acceptors (Lipinski definition) is 4. The van der Waals surface area contributed by atoms with Crippen molar-refractivity contribution in [1.29, 1.82) is 0 Å². The van der Waals surface area contributed by atoms with Gasteiger partial charge in [0.1, 0.15) is 0 Å². The molecule has 4 nitrogen and oxygen atoms in total. The quantitative estimate of drug-likeness (QED) is 0.834. The van der Waals surface area contributed by atoms with Gasteiger partial charge in [-0.1, -0.05) is 20.8 Å². The lowest BCUT2D eigenvalue weighted by molar-refractivity contribution is 0.301. The largest absolute Gasteiger partial charge is 0.395 e. The van der Waals surface area contributed by atoms with E-state index in [-0.39, 0.29) is 24.3 Å². The topological polar surface area (TPSA) is 66.4 Å². The third kappa shape index (κ3) is 5.06. The van der Waals surface area contributed by atoms with Crippen molar-refractivity contribution in [3.63, 3.8) is 0 Å². The summed E-state index contributed by atoms with van der Waals surface area (Å²) in [5.74, 6) is 0.0666. The lowest BCUT2D eigenvalue weighted by Crippen LogP contribution is -2.29. The van der Waals surface area contributed by atoms with E-state index >= 15 is 0 Å². The smallest absolute Gasteiger partial charge is 0.212 e. The van der Waals surface area contributed by atoms with E-state index in [2.05, 4.69) is 31.6 Å². The summed E-state index contributed by atoms with van der Waals surface area (Å²) >= 11 is 1.66. The van der Waals surface area contributed by atoms with Gasteiger partial charge in [0.15, 0.2) is 0 Å². The molecule has 0 aliphatic heterocycles. The van der Waals surface area contributed by atoms with Crippen LogP contribution in [0.25, 0.3) is 0 Å². The number of aliphatic hydroxyl groups excluding tert-OH is 1. The molecule has 104 valence electrons. The van der Waals surface area contributed by atoms with Crippen LogP contribution in [-0.4, -0.2) is 32.4 Å². The van der Waals surface area contributed by atoms with E-state index in [0.29, 0.717) is 6.42 Å². The molecule has 0 fully saturated rings. The molecular weight excluding hydrogens is 270 g/mol. The lowest BCUT2D eigenvalue weighted by atomic mass is 9.95. The van der Waals surface area contributed by atoms with Crippen LogP contribution >= 0.6 is 11.3 Å². The summed E-state index contributed by atoms with van der Waals surface area (Å²) in [4.78, 5) is 2.34. The van der Waals surface area contributed by atoms with Gasteiger partial charge in [-0.3, -0.25) is 0 Å². The van der Waals surface area contributed by atoms with Crippen LogP contribution in [0.4, 0.5) is 0 Å². The highest BCUT2D eigenvalue weighted by Crippen LogP contribution is 2.29. The zero-order valence-electron chi connectivity index (χ0n) is 11.1. The van der Waals surface area contributed by atoms with Gasteiger partial charge in [-0.05, 0) is 24.0 Å². The van der Waals surface area contributed by atoms with Crippen LogP contribution in [0, 0.1) is 0 Å². The normalized spacial score (nSPS) is 12.9. The molecule has 2 N–H and O–H groups in total. The third-order valence-electron chi connectivity index (χ3n) is 2.45. The zero-order chi connectivity index (χ0) is 13.8. The molecule has 0 saturated carbocycles. The van der Waals surface area contributed by atoms with Crippen molar-refractivity contribution in [3.8, 4) is 0 Å². The van der Waals surface area contributed by atoms with E-state index in [1.54, 1.807) is 11.3 Å². The van der Waals surface area contributed by atoms with E-state index in [4.69, 9.17) is 5.11 Å². The summed E-state index contributed by atoms with van der Waals surface area (Å²) in [6.45, 7) is 6.33. The summed E-state index contributed by atoms with van der Waals surface area (Å²) in [5, 5.41) is 8.58. The Morgan fingerprint density at radius 3 is 2.50 bits per heavy atom. The van der Waals surface area contributed by atoms with E-state index in [1.165, 1.54) is 4.88 Å². The number of thiophene rings is 1. The van der Waals surface area contributed by atoms with E-state index in [1.807, 2.05) is 6.07 Å². The Labute approximate surface area is 113 Å². The number of aryl methyl sites for hydroxylation is 1. The Morgan fingerprint density at radius 2 is 2.00 bits per heavy atom. The molecule has 0 unspecified atom stereocenters. The molecule has 0 spiro atoms. The maximum absolute atomic E-state index is 11.5. The van der Waals surface area contributed by atoms with Crippen molar-refractivity contribution < 1.29 is 13.5 Å². The molecule has 0 aliphatic rings. The Bertz CT molecular complexity index is 472. The average molecular weight is 291 g/mol. The molecule has 6 heteroatoms. The molecule has 1 rings (SSSR count). The Morgan fingerprint density at radius 1 is 1.33 bits per heavy atom. The van der Waals surface area contributed by atoms with Crippen LogP contribution in [0.15, 0.2) is 12.1 Å². The van der Waals surface area contributed by atoms with Crippen LogP contribution < -0.4 is 4.72 Å². The SMILES string of the molecule is CC(C)(C)c1ccc(CCS(=O)(=O)NCCO)s1. The highest BCUT2D eigenvalue weighted by atomic mass is 32.2. The molecule has 0 aromatic carbocycles. The highest BCUT2D eigenvalue weighted by Gasteiger charge is 2.17. The maximum atomic E-state index is 11.5. The van der Waals surface area contributed by atoms with Crippen molar-refractivity contribution in [3.05, 3.63) is 21.9 Å². The molecule has 18 heavy (non-hydrogen) atoms. The van der Waals surface area contributed by atoms with E-state index in [0.717, 1.165) is 4.88 Å². The van der Waals surface area contributed by atoms with Crippen LogP contribution in [-0.2, 0) is 21.9 Å². The fourth-order valence-corrected chi connectivity index (χ4v) is 3.65. The van der Waals surface area contributed by atoms with Crippen molar-refractivity contribution >= 4 is 21.4 Å². The first-order valence-electron chi connectivity index (χ1n) is 5.92. The second-order valence-electron chi connectivity index (χ2n) is 5.20. The average Bonchev–Trinajstić information content (AvgIpc) is 2.72. The summed E-state index contributed by atoms with van der Waals surface area (Å²) < 4.78 is 25.4. The van der Waals surface area contributed by atoms with Gasteiger partial charge in [-0.2, -0.15) is 0 Å². The van der Waals surface area contributed by atoms with Gasteiger partial charge in [0.25, 0.3) is 0 Å². The monoisotopic (exact) mass is 291 g/mol.